The molecule has 0 spiro atoms. The first-order valence-electron chi connectivity index (χ1n) is 10.2. The summed E-state index contributed by atoms with van der Waals surface area (Å²) < 4.78 is 2.60. The summed E-state index contributed by atoms with van der Waals surface area (Å²) in [5.74, 6) is -0.186. The normalized spacial score (nSPS) is 14.3. The van der Waals surface area contributed by atoms with Gasteiger partial charge in [0.25, 0.3) is 5.91 Å². The number of nitrogens with zero attached hydrogens (tertiary/aromatic N) is 7. The molecular formula is C20H25N7O2S. The lowest BCUT2D eigenvalue weighted by Gasteiger charge is -2.34. The number of piperazine rings is 1. The molecule has 2 aromatic heterocycles. The van der Waals surface area contributed by atoms with Crippen molar-refractivity contribution >= 4 is 38.5 Å². The van der Waals surface area contributed by atoms with Crippen molar-refractivity contribution in [2.45, 2.75) is 20.4 Å². The fourth-order valence-electron chi connectivity index (χ4n) is 3.55. The minimum atomic E-state index is -0.152. The van der Waals surface area contributed by atoms with Gasteiger partial charge in [-0.25, -0.2) is 9.67 Å². The number of benzene rings is 1. The standard InChI is InChI=1S/C20H25N7O2S/c1-3-24(4-2)18(28)14-27-13-16(22-23-27)19(29)25-9-11-26(12-10-25)20-21-15-7-5-6-8-17(15)30-20/h5-8,13H,3-4,9-12,14H2,1-2H3. The predicted octanol–water partition coefficient (Wildman–Crippen LogP) is 1.72. The van der Waals surface area contributed by atoms with Gasteiger partial charge in [0.15, 0.2) is 10.8 Å². The third-order valence-electron chi connectivity index (χ3n) is 5.29. The average Bonchev–Trinajstić information content (AvgIpc) is 3.41. The number of para-hydroxylation sites is 1. The van der Waals surface area contributed by atoms with E-state index in [1.165, 1.54) is 9.38 Å². The van der Waals surface area contributed by atoms with Gasteiger partial charge in [0, 0.05) is 39.3 Å². The Kier molecular flexibility index (Phi) is 5.93. The first kappa shape index (κ1) is 20.3. The van der Waals surface area contributed by atoms with E-state index in [-0.39, 0.29) is 24.1 Å². The summed E-state index contributed by atoms with van der Waals surface area (Å²) in [5.41, 5.74) is 1.28. The molecule has 1 fully saturated rings. The summed E-state index contributed by atoms with van der Waals surface area (Å²) in [6.45, 7) is 7.90. The fourth-order valence-corrected chi connectivity index (χ4v) is 4.56. The maximum absolute atomic E-state index is 12.8. The minimum absolute atomic E-state index is 0.0339. The number of hydrogen-bond donors (Lipinski definition) is 0. The molecule has 30 heavy (non-hydrogen) atoms. The van der Waals surface area contributed by atoms with E-state index in [0.29, 0.717) is 26.2 Å². The van der Waals surface area contributed by atoms with Crippen LogP contribution in [0.5, 0.6) is 0 Å². The molecule has 9 nitrogen and oxygen atoms in total. The maximum atomic E-state index is 12.8. The first-order valence-corrected chi connectivity index (χ1v) is 11.0. The summed E-state index contributed by atoms with van der Waals surface area (Å²) in [5, 5.41) is 8.94. The Morgan fingerprint density at radius 2 is 1.83 bits per heavy atom. The molecule has 4 rings (SSSR count). The van der Waals surface area contributed by atoms with Crippen molar-refractivity contribution in [1.29, 1.82) is 0 Å². The monoisotopic (exact) mass is 427 g/mol. The molecule has 0 saturated carbocycles. The highest BCUT2D eigenvalue weighted by molar-refractivity contribution is 7.22. The zero-order valence-electron chi connectivity index (χ0n) is 17.2. The lowest BCUT2D eigenvalue weighted by Crippen LogP contribution is -2.48. The predicted molar refractivity (Wildman–Crippen MR) is 116 cm³/mol. The summed E-state index contributed by atoms with van der Waals surface area (Å²) in [7, 11) is 0. The van der Waals surface area contributed by atoms with E-state index in [4.69, 9.17) is 4.98 Å². The molecule has 0 N–H and O–H groups in total. The molecule has 2 amide bonds. The van der Waals surface area contributed by atoms with Crippen LogP contribution >= 0.6 is 11.3 Å². The molecule has 1 aliphatic rings. The van der Waals surface area contributed by atoms with Crippen molar-refractivity contribution < 1.29 is 9.59 Å². The molecule has 0 aliphatic carbocycles. The van der Waals surface area contributed by atoms with E-state index < -0.39 is 0 Å². The van der Waals surface area contributed by atoms with Crippen LogP contribution in [-0.4, -0.2) is 80.9 Å². The quantitative estimate of drug-likeness (QED) is 0.595. The van der Waals surface area contributed by atoms with Crippen molar-refractivity contribution in [2.75, 3.05) is 44.2 Å². The second-order valence-corrected chi connectivity index (χ2v) is 8.12. The summed E-state index contributed by atoms with van der Waals surface area (Å²) in [4.78, 5) is 35.5. The van der Waals surface area contributed by atoms with Crippen molar-refractivity contribution in [2.24, 2.45) is 0 Å². The Morgan fingerprint density at radius 1 is 1.10 bits per heavy atom. The van der Waals surface area contributed by atoms with Crippen molar-refractivity contribution in [1.82, 2.24) is 29.8 Å². The summed E-state index contributed by atoms with van der Waals surface area (Å²) in [6, 6.07) is 8.10. The highest BCUT2D eigenvalue weighted by Crippen LogP contribution is 2.29. The lowest BCUT2D eigenvalue weighted by atomic mass is 10.3. The number of anilines is 1. The van der Waals surface area contributed by atoms with Gasteiger partial charge in [-0.05, 0) is 26.0 Å². The highest BCUT2D eigenvalue weighted by Gasteiger charge is 2.26. The summed E-state index contributed by atoms with van der Waals surface area (Å²) >= 11 is 1.67. The maximum Gasteiger partial charge on any atom is 0.276 e. The lowest BCUT2D eigenvalue weighted by molar-refractivity contribution is -0.131. The zero-order chi connectivity index (χ0) is 21.1. The molecule has 0 bridgehead atoms. The molecule has 1 aromatic carbocycles. The Morgan fingerprint density at radius 3 is 2.53 bits per heavy atom. The van der Waals surface area contributed by atoms with Gasteiger partial charge in [-0.15, -0.1) is 5.10 Å². The van der Waals surface area contributed by atoms with Crippen LogP contribution in [0.3, 0.4) is 0 Å². The molecule has 0 atom stereocenters. The van der Waals surface area contributed by atoms with Crippen molar-refractivity contribution in [3.63, 3.8) is 0 Å². The molecule has 10 heteroatoms. The Labute approximate surface area is 178 Å². The Hall–Kier alpha value is -3.01. The molecule has 3 aromatic rings. The highest BCUT2D eigenvalue weighted by atomic mass is 32.1. The smallest absolute Gasteiger partial charge is 0.276 e. The van der Waals surface area contributed by atoms with Gasteiger partial charge in [0.05, 0.1) is 16.4 Å². The number of amides is 2. The van der Waals surface area contributed by atoms with Crippen LogP contribution in [0, 0.1) is 0 Å². The number of hydrogen-bond acceptors (Lipinski definition) is 7. The number of likely N-dealkylation sites (N-methyl/N-ethyl adjacent to an activating group) is 1. The number of thiazole rings is 1. The molecule has 1 saturated heterocycles. The molecule has 3 heterocycles. The SMILES string of the molecule is CCN(CC)C(=O)Cn1cc(C(=O)N2CCN(c3nc4ccccc4s3)CC2)nn1. The number of rotatable bonds is 6. The topological polar surface area (TPSA) is 87.5 Å². The fraction of sp³-hybridized carbons (Fsp3) is 0.450. The van der Waals surface area contributed by atoms with E-state index in [9.17, 15) is 9.59 Å². The van der Waals surface area contributed by atoms with Gasteiger partial charge >= 0.3 is 0 Å². The van der Waals surface area contributed by atoms with Crippen LogP contribution in [0.4, 0.5) is 5.13 Å². The number of carbonyl (C=O) groups is 2. The largest absolute Gasteiger partial charge is 0.345 e. The van der Waals surface area contributed by atoms with Crippen LogP contribution in [0.25, 0.3) is 10.2 Å². The second-order valence-electron chi connectivity index (χ2n) is 7.11. The van der Waals surface area contributed by atoms with E-state index >= 15 is 0 Å². The van der Waals surface area contributed by atoms with Crippen LogP contribution in [0.2, 0.25) is 0 Å². The van der Waals surface area contributed by atoms with E-state index in [1.807, 2.05) is 32.0 Å². The third kappa shape index (κ3) is 4.13. The second kappa shape index (κ2) is 8.78. The first-order chi connectivity index (χ1) is 14.6. The number of fused-ring (bicyclic) bond motifs is 1. The van der Waals surface area contributed by atoms with Crippen molar-refractivity contribution in [3.05, 3.63) is 36.2 Å². The molecule has 1 aliphatic heterocycles. The van der Waals surface area contributed by atoms with Crippen LogP contribution < -0.4 is 4.90 Å². The third-order valence-corrected chi connectivity index (χ3v) is 6.39. The molecule has 0 radical (unpaired) electrons. The van der Waals surface area contributed by atoms with Gasteiger partial charge in [-0.2, -0.15) is 0 Å². The van der Waals surface area contributed by atoms with Gasteiger partial charge in [0.2, 0.25) is 5.91 Å². The number of aromatic nitrogens is 4. The van der Waals surface area contributed by atoms with Crippen LogP contribution in [0.15, 0.2) is 30.5 Å². The van der Waals surface area contributed by atoms with Crippen LogP contribution in [0.1, 0.15) is 24.3 Å². The molecule has 158 valence electrons. The molecular weight excluding hydrogens is 402 g/mol. The average molecular weight is 428 g/mol. The van der Waals surface area contributed by atoms with Gasteiger partial charge < -0.3 is 14.7 Å². The van der Waals surface area contributed by atoms with Gasteiger partial charge in [0.1, 0.15) is 6.54 Å². The van der Waals surface area contributed by atoms with Crippen molar-refractivity contribution in [3.8, 4) is 0 Å². The summed E-state index contributed by atoms with van der Waals surface area (Å²) in [6.07, 6.45) is 1.56. The number of carbonyl (C=O) groups excluding carboxylic acids is 2. The zero-order valence-corrected chi connectivity index (χ0v) is 18.0. The van der Waals surface area contributed by atoms with E-state index in [2.05, 4.69) is 21.3 Å². The Balaban J connectivity index is 1.35. The van der Waals surface area contributed by atoms with Gasteiger partial charge in [-0.1, -0.05) is 28.7 Å². The molecule has 0 unspecified atom stereocenters. The Bertz CT molecular complexity index is 1000. The van der Waals surface area contributed by atoms with E-state index in [0.717, 1.165) is 23.7 Å². The minimum Gasteiger partial charge on any atom is -0.345 e. The van der Waals surface area contributed by atoms with Gasteiger partial charge in [-0.3, -0.25) is 9.59 Å². The van der Waals surface area contributed by atoms with Crippen LogP contribution in [-0.2, 0) is 11.3 Å². The van der Waals surface area contributed by atoms with E-state index in [1.54, 1.807) is 27.3 Å².